The van der Waals surface area contributed by atoms with E-state index >= 15 is 0 Å². The van der Waals surface area contributed by atoms with Gasteiger partial charge in [-0.3, -0.25) is 24.5 Å². The molecule has 0 aromatic carbocycles. The molecule has 3 rings (SSSR count). The van der Waals surface area contributed by atoms with Crippen LogP contribution >= 0.6 is 0 Å². The SMILES string of the molecule is CC(C)c1cc2[nH]c(=O)n(C3CCC(=O)NC3=O)c2cn1. The lowest BCUT2D eigenvalue weighted by Crippen LogP contribution is -2.43. The lowest BCUT2D eigenvalue weighted by Gasteiger charge is -2.21. The molecule has 1 fully saturated rings. The van der Waals surface area contributed by atoms with Crippen molar-refractivity contribution in [1.82, 2.24) is 19.9 Å². The molecule has 0 spiro atoms. The molecule has 21 heavy (non-hydrogen) atoms. The first-order chi connectivity index (χ1) is 9.97. The maximum absolute atomic E-state index is 12.2. The fourth-order valence-corrected chi connectivity index (χ4v) is 2.59. The third kappa shape index (κ3) is 2.24. The molecule has 0 saturated carbocycles. The van der Waals surface area contributed by atoms with Crippen LogP contribution in [-0.4, -0.2) is 26.3 Å². The fourth-order valence-electron chi connectivity index (χ4n) is 2.59. The summed E-state index contributed by atoms with van der Waals surface area (Å²) in [4.78, 5) is 42.4. The summed E-state index contributed by atoms with van der Waals surface area (Å²) in [6.45, 7) is 4.03. The molecule has 2 aromatic rings. The van der Waals surface area contributed by atoms with Crippen molar-refractivity contribution in [3.63, 3.8) is 0 Å². The monoisotopic (exact) mass is 288 g/mol. The smallest absolute Gasteiger partial charge is 0.305 e. The van der Waals surface area contributed by atoms with Crippen LogP contribution < -0.4 is 11.0 Å². The van der Waals surface area contributed by atoms with E-state index in [0.29, 0.717) is 17.5 Å². The van der Waals surface area contributed by atoms with Crippen molar-refractivity contribution >= 4 is 22.8 Å². The Kier molecular flexibility index (Phi) is 3.12. The first-order valence-corrected chi connectivity index (χ1v) is 6.91. The standard InChI is InChI=1S/C14H16N4O3/c1-7(2)8-5-9-11(6-15-8)18(14(21)16-9)10-3-4-12(19)17-13(10)20/h5-7,10H,3-4H2,1-2H3,(H,16,21)(H,17,19,20). The predicted octanol–water partition coefficient (Wildman–Crippen LogP) is 0.826. The highest BCUT2D eigenvalue weighted by molar-refractivity contribution is 6.00. The summed E-state index contributed by atoms with van der Waals surface area (Å²) >= 11 is 0. The second-order valence-electron chi connectivity index (χ2n) is 5.55. The van der Waals surface area contributed by atoms with E-state index in [9.17, 15) is 14.4 Å². The van der Waals surface area contributed by atoms with Crippen LogP contribution in [0.3, 0.4) is 0 Å². The number of nitrogens with one attached hydrogen (secondary N) is 2. The maximum Gasteiger partial charge on any atom is 0.327 e. The van der Waals surface area contributed by atoms with Crippen LogP contribution in [0, 0.1) is 0 Å². The highest BCUT2D eigenvalue weighted by atomic mass is 16.2. The van der Waals surface area contributed by atoms with E-state index in [1.165, 1.54) is 4.57 Å². The third-order valence-corrected chi connectivity index (χ3v) is 3.74. The number of aromatic nitrogens is 3. The first kappa shape index (κ1) is 13.5. The van der Waals surface area contributed by atoms with Gasteiger partial charge in [0.25, 0.3) is 0 Å². The molecule has 3 heterocycles. The Morgan fingerprint density at radius 2 is 2.10 bits per heavy atom. The van der Waals surface area contributed by atoms with Crippen molar-refractivity contribution in [1.29, 1.82) is 0 Å². The second kappa shape index (κ2) is 4.83. The summed E-state index contributed by atoms with van der Waals surface area (Å²) in [5.74, 6) is -0.497. The summed E-state index contributed by atoms with van der Waals surface area (Å²) in [6.07, 6.45) is 2.16. The Hall–Kier alpha value is -2.44. The van der Waals surface area contributed by atoms with Gasteiger partial charge in [0.05, 0.1) is 17.2 Å². The molecular formula is C14H16N4O3. The quantitative estimate of drug-likeness (QED) is 0.800. The summed E-state index contributed by atoms with van der Waals surface area (Å²) < 4.78 is 1.38. The number of piperidine rings is 1. The number of H-pyrrole nitrogens is 1. The number of fused-ring (bicyclic) bond motifs is 1. The molecule has 1 saturated heterocycles. The zero-order valence-electron chi connectivity index (χ0n) is 11.8. The summed E-state index contributed by atoms with van der Waals surface area (Å²) in [6, 6.07) is 1.15. The number of carbonyl (C=O) groups is 2. The molecule has 0 radical (unpaired) electrons. The van der Waals surface area contributed by atoms with Gasteiger partial charge in [-0.05, 0) is 18.4 Å². The highest BCUT2D eigenvalue weighted by Crippen LogP contribution is 2.23. The molecule has 1 atom stereocenters. The Labute approximate surface area is 120 Å². The van der Waals surface area contributed by atoms with E-state index in [2.05, 4.69) is 15.3 Å². The van der Waals surface area contributed by atoms with Crippen LogP contribution in [0.1, 0.15) is 44.3 Å². The first-order valence-electron chi connectivity index (χ1n) is 6.91. The van der Waals surface area contributed by atoms with Crippen molar-refractivity contribution in [3.05, 3.63) is 28.4 Å². The van der Waals surface area contributed by atoms with E-state index in [4.69, 9.17) is 0 Å². The minimum absolute atomic E-state index is 0.229. The molecule has 2 N–H and O–H groups in total. The molecule has 7 nitrogen and oxygen atoms in total. The van der Waals surface area contributed by atoms with Crippen molar-refractivity contribution in [3.8, 4) is 0 Å². The van der Waals surface area contributed by atoms with Gasteiger partial charge in [0, 0.05) is 12.1 Å². The number of hydrogen-bond donors (Lipinski definition) is 2. The molecule has 0 bridgehead atoms. The van der Waals surface area contributed by atoms with Crippen molar-refractivity contribution in [2.24, 2.45) is 0 Å². The molecule has 7 heteroatoms. The summed E-state index contributed by atoms with van der Waals surface area (Å²) in [5, 5.41) is 2.27. The molecule has 2 aromatic heterocycles. The number of carbonyl (C=O) groups excluding carboxylic acids is 2. The van der Waals surface area contributed by atoms with Crippen LogP contribution in [0.4, 0.5) is 0 Å². The lowest BCUT2D eigenvalue weighted by atomic mass is 10.1. The molecule has 110 valence electrons. The number of amides is 2. The minimum atomic E-state index is -0.671. The number of aromatic amines is 1. The minimum Gasteiger partial charge on any atom is -0.305 e. The van der Waals surface area contributed by atoms with Crippen LogP contribution in [0.2, 0.25) is 0 Å². The summed E-state index contributed by atoms with van der Waals surface area (Å²) in [5.41, 5.74) is 1.75. The van der Waals surface area contributed by atoms with E-state index in [1.54, 1.807) is 6.20 Å². The largest absolute Gasteiger partial charge is 0.327 e. The molecule has 1 aliphatic rings. The number of pyridine rings is 1. The highest BCUT2D eigenvalue weighted by Gasteiger charge is 2.30. The van der Waals surface area contributed by atoms with Crippen molar-refractivity contribution in [2.75, 3.05) is 0 Å². The van der Waals surface area contributed by atoms with E-state index in [1.807, 2.05) is 19.9 Å². The van der Waals surface area contributed by atoms with Gasteiger partial charge in [-0.2, -0.15) is 0 Å². The normalized spacial score (nSPS) is 19.3. The topological polar surface area (TPSA) is 96.9 Å². The molecule has 0 aliphatic carbocycles. The zero-order chi connectivity index (χ0) is 15.1. The van der Waals surface area contributed by atoms with Gasteiger partial charge in [-0.25, -0.2) is 4.79 Å². The van der Waals surface area contributed by atoms with Crippen molar-refractivity contribution < 1.29 is 9.59 Å². The van der Waals surface area contributed by atoms with Gasteiger partial charge in [-0.15, -0.1) is 0 Å². The molecular weight excluding hydrogens is 272 g/mol. The Bertz CT molecular complexity index is 787. The van der Waals surface area contributed by atoms with Gasteiger partial charge in [0.1, 0.15) is 6.04 Å². The van der Waals surface area contributed by atoms with E-state index in [-0.39, 0.29) is 23.9 Å². The van der Waals surface area contributed by atoms with Gasteiger partial charge >= 0.3 is 5.69 Å². The van der Waals surface area contributed by atoms with Gasteiger partial charge in [0.15, 0.2) is 0 Å². The predicted molar refractivity (Wildman–Crippen MR) is 75.9 cm³/mol. The number of imide groups is 1. The number of rotatable bonds is 2. The van der Waals surface area contributed by atoms with E-state index in [0.717, 1.165) is 5.69 Å². The number of hydrogen-bond acceptors (Lipinski definition) is 4. The van der Waals surface area contributed by atoms with E-state index < -0.39 is 11.9 Å². The fraction of sp³-hybridized carbons (Fsp3) is 0.429. The van der Waals surface area contributed by atoms with Gasteiger partial charge < -0.3 is 4.98 Å². The van der Waals surface area contributed by atoms with Gasteiger partial charge in [-0.1, -0.05) is 13.8 Å². The number of nitrogens with zero attached hydrogens (tertiary/aromatic N) is 2. The number of imidazole rings is 1. The lowest BCUT2D eigenvalue weighted by molar-refractivity contribution is -0.135. The summed E-state index contributed by atoms with van der Waals surface area (Å²) in [7, 11) is 0. The van der Waals surface area contributed by atoms with Crippen molar-refractivity contribution in [2.45, 2.75) is 38.6 Å². The van der Waals surface area contributed by atoms with Crippen LogP contribution in [0.25, 0.3) is 11.0 Å². The molecule has 1 unspecified atom stereocenters. The van der Waals surface area contributed by atoms with Gasteiger partial charge in [0.2, 0.25) is 11.8 Å². The Morgan fingerprint density at radius 1 is 1.33 bits per heavy atom. The zero-order valence-corrected chi connectivity index (χ0v) is 11.8. The molecule has 1 aliphatic heterocycles. The third-order valence-electron chi connectivity index (χ3n) is 3.74. The molecule has 2 amide bonds. The average molecular weight is 288 g/mol. The van der Waals surface area contributed by atoms with Crippen LogP contribution in [-0.2, 0) is 9.59 Å². The van der Waals surface area contributed by atoms with Crippen LogP contribution in [0.15, 0.2) is 17.1 Å². The second-order valence-corrected chi connectivity index (χ2v) is 5.55. The maximum atomic E-state index is 12.2. The Balaban J connectivity index is 2.11. The average Bonchev–Trinajstić information content (AvgIpc) is 2.74. The van der Waals surface area contributed by atoms with Crippen LogP contribution in [0.5, 0.6) is 0 Å². The Morgan fingerprint density at radius 3 is 2.76 bits per heavy atom.